The third-order valence-electron chi connectivity index (χ3n) is 3.68. The average Bonchev–Trinajstić information content (AvgIpc) is 2.69. The van der Waals surface area contributed by atoms with E-state index in [4.69, 9.17) is 9.47 Å². The van der Waals surface area contributed by atoms with Gasteiger partial charge in [-0.25, -0.2) is 4.79 Å². The molecule has 0 aliphatic carbocycles. The molecule has 7 nitrogen and oxygen atoms in total. The number of ether oxygens (including phenoxy) is 2. The van der Waals surface area contributed by atoms with Crippen LogP contribution in [0.5, 0.6) is 5.75 Å². The van der Waals surface area contributed by atoms with E-state index in [1.54, 1.807) is 24.3 Å². The van der Waals surface area contributed by atoms with E-state index in [9.17, 15) is 14.4 Å². The molecule has 1 amide bonds. The normalized spacial score (nSPS) is 10.0. The minimum atomic E-state index is -0.653. The van der Waals surface area contributed by atoms with Crippen LogP contribution < -0.4 is 15.0 Å². The summed E-state index contributed by atoms with van der Waals surface area (Å²) in [7, 11) is 3.91. The second-order valence-electron chi connectivity index (χ2n) is 5.97. The van der Waals surface area contributed by atoms with Gasteiger partial charge in [0.05, 0.1) is 0 Å². The predicted octanol–water partition coefficient (Wildman–Crippen LogP) is 1.80. The molecule has 0 saturated carbocycles. The Morgan fingerprint density at radius 3 is 2.26 bits per heavy atom. The Balaban J connectivity index is 1.66. The summed E-state index contributed by atoms with van der Waals surface area (Å²) in [6.45, 7) is -0.342. The van der Waals surface area contributed by atoms with Crippen LogP contribution in [0.1, 0.15) is 15.9 Å². The highest BCUT2D eigenvalue weighted by Crippen LogP contribution is 2.12. The van der Waals surface area contributed by atoms with Crippen molar-refractivity contribution in [2.24, 2.45) is 0 Å². The molecule has 0 spiro atoms. The molecule has 7 heteroatoms. The van der Waals surface area contributed by atoms with Crippen LogP contribution in [0.25, 0.3) is 0 Å². The van der Waals surface area contributed by atoms with Crippen molar-refractivity contribution in [3.8, 4) is 5.75 Å². The molecule has 2 aromatic carbocycles. The van der Waals surface area contributed by atoms with Gasteiger partial charge in [0.25, 0.3) is 5.91 Å². The van der Waals surface area contributed by atoms with Crippen molar-refractivity contribution in [2.45, 2.75) is 6.54 Å². The number of anilines is 1. The lowest BCUT2D eigenvalue weighted by atomic mass is 10.2. The van der Waals surface area contributed by atoms with Gasteiger partial charge in [0, 0.05) is 31.9 Å². The van der Waals surface area contributed by atoms with Gasteiger partial charge in [0.15, 0.2) is 13.2 Å². The first kappa shape index (κ1) is 20.0. The molecule has 2 rings (SSSR count). The van der Waals surface area contributed by atoms with E-state index in [0.29, 0.717) is 24.1 Å². The molecule has 0 heterocycles. The molecule has 0 aliphatic heterocycles. The number of benzene rings is 2. The van der Waals surface area contributed by atoms with Crippen molar-refractivity contribution in [1.29, 1.82) is 0 Å². The zero-order valence-corrected chi connectivity index (χ0v) is 15.3. The van der Waals surface area contributed by atoms with Crippen molar-refractivity contribution < 1.29 is 23.9 Å². The summed E-state index contributed by atoms with van der Waals surface area (Å²) in [5.74, 6) is -0.613. The molecule has 2 aromatic rings. The summed E-state index contributed by atoms with van der Waals surface area (Å²) in [5, 5.41) is 2.69. The molecule has 0 atom stereocenters. The summed E-state index contributed by atoms with van der Waals surface area (Å²) >= 11 is 0. The van der Waals surface area contributed by atoms with Gasteiger partial charge in [0.2, 0.25) is 0 Å². The highest BCUT2D eigenvalue weighted by Gasteiger charge is 2.08. The van der Waals surface area contributed by atoms with Crippen molar-refractivity contribution >= 4 is 23.9 Å². The SMILES string of the molecule is CN(C)c1ccc(CNC(=O)COC(=O)COc2ccc(C=O)cc2)cc1. The van der Waals surface area contributed by atoms with Gasteiger partial charge >= 0.3 is 5.97 Å². The number of hydrogen-bond donors (Lipinski definition) is 1. The van der Waals surface area contributed by atoms with Crippen LogP contribution in [-0.4, -0.2) is 45.5 Å². The van der Waals surface area contributed by atoms with Gasteiger partial charge in [-0.3, -0.25) is 9.59 Å². The number of rotatable bonds is 9. The van der Waals surface area contributed by atoms with Crippen LogP contribution in [0, 0.1) is 0 Å². The van der Waals surface area contributed by atoms with Crippen LogP contribution in [0.4, 0.5) is 5.69 Å². The molecule has 0 unspecified atom stereocenters. The number of carbonyl (C=O) groups excluding carboxylic acids is 3. The van der Waals surface area contributed by atoms with Crippen molar-refractivity contribution in [1.82, 2.24) is 5.32 Å². The molecular weight excluding hydrogens is 348 g/mol. The van der Waals surface area contributed by atoms with Gasteiger partial charge in [-0.1, -0.05) is 12.1 Å². The number of hydrogen-bond acceptors (Lipinski definition) is 6. The number of carbonyl (C=O) groups is 3. The number of aldehydes is 1. The van der Waals surface area contributed by atoms with Crippen LogP contribution in [0.2, 0.25) is 0 Å². The van der Waals surface area contributed by atoms with Gasteiger partial charge < -0.3 is 19.7 Å². The van der Waals surface area contributed by atoms with E-state index >= 15 is 0 Å². The van der Waals surface area contributed by atoms with Gasteiger partial charge in [-0.15, -0.1) is 0 Å². The molecule has 0 bridgehead atoms. The van der Waals surface area contributed by atoms with Gasteiger partial charge in [-0.05, 0) is 42.0 Å². The predicted molar refractivity (Wildman–Crippen MR) is 101 cm³/mol. The fourth-order valence-electron chi connectivity index (χ4n) is 2.14. The number of nitrogens with zero attached hydrogens (tertiary/aromatic N) is 1. The fraction of sp³-hybridized carbons (Fsp3) is 0.250. The van der Waals surface area contributed by atoms with E-state index < -0.39 is 11.9 Å². The molecule has 0 aliphatic rings. The van der Waals surface area contributed by atoms with E-state index in [-0.39, 0.29) is 13.2 Å². The first-order valence-electron chi connectivity index (χ1n) is 8.34. The van der Waals surface area contributed by atoms with Crippen molar-refractivity contribution in [3.63, 3.8) is 0 Å². The largest absolute Gasteiger partial charge is 0.482 e. The van der Waals surface area contributed by atoms with E-state index in [1.165, 1.54) is 0 Å². The lowest BCUT2D eigenvalue weighted by Crippen LogP contribution is -2.29. The minimum absolute atomic E-state index is 0.320. The van der Waals surface area contributed by atoms with Gasteiger partial charge in [0.1, 0.15) is 12.0 Å². The third kappa shape index (κ3) is 6.81. The quantitative estimate of drug-likeness (QED) is 0.535. The molecule has 142 valence electrons. The Bertz CT molecular complexity index is 770. The molecule has 1 N–H and O–H groups in total. The topological polar surface area (TPSA) is 84.9 Å². The molecule has 0 radical (unpaired) electrons. The molecule has 0 aromatic heterocycles. The molecule has 0 saturated heterocycles. The molecule has 27 heavy (non-hydrogen) atoms. The second-order valence-corrected chi connectivity index (χ2v) is 5.97. The Kier molecular flexibility index (Phi) is 7.37. The highest BCUT2D eigenvalue weighted by atomic mass is 16.6. The molecule has 0 fully saturated rings. The monoisotopic (exact) mass is 370 g/mol. The lowest BCUT2D eigenvalue weighted by molar-refractivity contribution is -0.150. The fourth-order valence-corrected chi connectivity index (χ4v) is 2.14. The smallest absolute Gasteiger partial charge is 0.344 e. The van der Waals surface area contributed by atoms with Crippen LogP contribution in [-0.2, 0) is 20.9 Å². The summed E-state index contributed by atoms with van der Waals surface area (Å²) in [6, 6.07) is 14.1. The summed E-state index contributed by atoms with van der Waals surface area (Å²) in [5.41, 5.74) is 2.53. The Morgan fingerprint density at radius 1 is 1.00 bits per heavy atom. The van der Waals surface area contributed by atoms with Crippen LogP contribution in [0.3, 0.4) is 0 Å². The maximum atomic E-state index is 11.8. The Morgan fingerprint density at radius 2 is 1.67 bits per heavy atom. The van der Waals surface area contributed by atoms with E-state index in [0.717, 1.165) is 11.3 Å². The van der Waals surface area contributed by atoms with Crippen molar-refractivity contribution in [2.75, 3.05) is 32.2 Å². The van der Waals surface area contributed by atoms with Crippen LogP contribution >= 0.6 is 0 Å². The zero-order chi connectivity index (χ0) is 19.6. The summed E-state index contributed by atoms with van der Waals surface area (Å²) in [6.07, 6.45) is 0.716. The number of nitrogens with one attached hydrogen (secondary N) is 1. The summed E-state index contributed by atoms with van der Waals surface area (Å²) in [4.78, 5) is 36.0. The highest BCUT2D eigenvalue weighted by molar-refractivity contribution is 5.81. The minimum Gasteiger partial charge on any atom is -0.482 e. The summed E-state index contributed by atoms with van der Waals surface area (Å²) < 4.78 is 10.1. The number of esters is 1. The average molecular weight is 370 g/mol. The zero-order valence-electron chi connectivity index (χ0n) is 15.3. The van der Waals surface area contributed by atoms with Gasteiger partial charge in [-0.2, -0.15) is 0 Å². The number of amides is 1. The standard InChI is InChI=1S/C20H22N2O5/c1-22(2)17-7-3-15(4-8-17)11-21-19(24)13-27-20(25)14-26-18-9-5-16(12-23)6-10-18/h3-10,12H,11,13-14H2,1-2H3,(H,21,24). The molecular formula is C20H22N2O5. The maximum Gasteiger partial charge on any atom is 0.344 e. The first-order valence-corrected chi connectivity index (χ1v) is 8.34. The Labute approximate surface area is 157 Å². The third-order valence-corrected chi connectivity index (χ3v) is 3.68. The Hall–Kier alpha value is -3.35. The maximum absolute atomic E-state index is 11.8. The van der Waals surface area contributed by atoms with Crippen molar-refractivity contribution in [3.05, 3.63) is 59.7 Å². The first-order chi connectivity index (χ1) is 13.0. The lowest BCUT2D eigenvalue weighted by Gasteiger charge is -2.13. The van der Waals surface area contributed by atoms with E-state index in [2.05, 4.69) is 5.32 Å². The second kappa shape index (κ2) is 9.96. The van der Waals surface area contributed by atoms with E-state index in [1.807, 2.05) is 43.3 Å². The van der Waals surface area contributed by atoms with Crippen LogP contribution in [0.15, 0.2) is 48.5 Å².